The maximum Gasteiger partial charge on any atom is 0.349 e. The smallest absolute Gasteiger partial charge is 0.349 e. The monoisotopic (exact) mass is 336 g/mol. The van der Waals surface area contributed by atoms with Gasteiger partial charge < -0.3 is 15.1 Å². The molecule has 25 heavy (non-hydrogen) atoms. The number of hydrogen-bond acceptors (Lipinski definition) is 4. The topological polar surface area (TPSA) is 88.4 Å². The fourth-order valence-electron chi connectivity index (χ4n) is 2.40. The van der Waals surface area contributed by atoms with Gasteiger partial charge in [0.25, 0.3) is 5.91 Å². The Kier molecular flexibility index (Phi) is 4.61. The Balaban J connectivity index is 1.79. The van der Waals surface area contributed by atoms with E-state index in [0.29, 0.717) is 16.7 Å². The first-order valence-corrected chi connectivity index (χ1v) is 7.70. The van der Waals surface area contributed by atoms with Crippen molar-refractivity contribution in [3.05, 3.63) is 76.1 Å². The fourth-order valence-corrected chi connectivity index (χ4v) is 2.40. The van der Waals surface area contributed by atoms with E-state index in [2.05, 4.69) is 10.6 Å². The lowest BCUT2D eigenvalue weighted by molar-refractivity contribution is -0.119. The van der Waals surface area contributed by atoms with Crippen LogP contribution in [0.1, 0.15) is 15.9 Å². The van der Waals surface area contributed by atoms with Gasteiger partial charge in [-0.3, -0.25) is 9.59 Å². The standard InChI is InChI=1S/C19H16N2O4/c1-20-17(22)10-12-6-8-14(9-7-12)21-18(23)15-11-13-4-2-3-5-16(13)25-19(15)24/h2-9,11H,10H2,1H3,(H,20,22)(H,21,23). The highest BCUT2D eigenvalue weighted by Crippen LogP contribution is 2.15. The molecular formula is C19H16N2O4. The van der Waals surface area contributed by atoms with Crippen LogP contribution in [0.15, 0.2) is 63.8 Å². The van der Waals surface area contributed by atoms with Crippen LogP contribution in [0.3, 0.4) is 0 Å². The Hall–Kier alpha value is -3.41. The molecule has 6 heteroatoms. The first kappa shape index (κ1) is 16.4. The first-order chi connectivity index (χ1) is 12.1. The average Bonchev–Trinajstić information content (AvgIpc) is 2.62. The molecule has 0 bridgehead atoms. The number of carbonyl (C=O) groups excluding carboxylic acids is 2. The van der Waals surface area contributed by atoms with Gasteiger partial charge in [-0.2, -0.15) is 0 Å². The van der Waals surface area contributed by atoms with Gasteiger partial charge in [0.2, 0.25) is 5.91 Å². The second-order valence-corrected chi connectivity index (χ2v) is 5.49. The summed E-state index contributed by atoms with van der Waals surface area (Å²) in [5, 5.41) is 5.88. The van der Waals surface area contributed by atoms with Gasteiger partial charge in [-0.15, -0.1) is 0 Å². The van der Waals surface area contributed by atoms with Crippen molar-refractivity contribution in [2.45, 2.75) is 6.42 Å². The summed E-state index contributed by atoms with van der Waals surface area (Å²) in [5.74, 6) is -0.635. The maximum atomic E-state index is 12.4. The molecule has 0 atom stereocenters. The van der Waals surface area contributed by atoms with Crippen LogP contribution in [-0.4, -0.2) is 18.9 Å². The van der Waals surface area contributed by atoms with Crippen molar-refractivity contribution in [3.8, 4) is 0 Å². The lowest BCUT2D eigenvalue weighted by Crippen LogP contribution is -2.21. The summed E-state index contributed by atoms with van der Waals surface area (Å²) in [6.45, 7) is 0. The minimum atomic E-state index is -0.688. The molecule has 0 saturated heterocycles. The lowest BCUT2D eigenvalue weighted by Gasteiger charge is -2.06. The van der Waals surface area contributed by atoms with Gasteiger partial charge >= 0.3 is 5.63 Å². The Morgan fingerprint density at radius 3 is 2.48 bits per heavy atom. The van der Waals surface area contributed by atoms with Gasteiger partial charge in [0, 0.05) is 18.1 Å². The molecule has 3 rings (SSSR count). The van der Waals surface area contributed by atoms with E-state index in [1.54, 1.807) is 55.6 Å². The molecule has 0 aliphatic rings. The van der Waals surface area contributed by atoms with Gasteiger partial charge in [0.05, 0.1) is 6.42 Å². The zero-order chi connectivity index (χ0) is 17.8. The van der Waals surface area contributed by atoms with Crippen LogP contribution in [0.25, 0.3) is 11.0 Å². The van der Waals surface area contributed by atoms with E-state index in [9.17, 15) is 14.4 Å². The number of benzene rings is 2. The lowest BCUT2D eigenvalue weighted by atomic mass is 10.1. The van der Waals surface area contributed by atoms with Crippen molar-refractivity contribution in [2.75, 3.05) is 12.4 Å². The van der Waals surface area contributed by atoms with Crippen LogP contribution in [0.2, 0.25) is 0 Å². The number of amides is 2. The van der Waals surface area contributed by atoms with Crippen molar-refractivity contribution in [3.63, 3.8) is 0 Å². The Bertz CT molecular complexity index is 990. The maximum absolute atomic E-state index is 12.4. The van der Waals surface area contributed by atoms with Crippen LogP contribution in [-0.2, 0) is 11.2 Å². The number of fused-ring (bicyclic) bond motifs is 1. The van der Waals surface area contributed by atoms with E-state index in [1.165, 1.54) is 6.07 Å². The zero-order valence-electron chi connectivity index (χ0n) is 13.5. The molecule has 1 aromatic heterocycles. The van der Waals surface area contributed by atoms with Crippen LogP contribution in [0, 0.1) is 0 Å². The highest BCUT2D eigenvalue weighted by atomic mass is 16.4. The van der Waals surface area contributed by atoms with E-state index in [0.717, 1.165) is 5.56 Å². The first-order valence-electron chi connectivity index (χ1n) is 7.70. The number of anilines is 1. The summed E-state index contributed by atoms with van der Waals surface area (Å²) in [7, 11) is 1.58. The SMILES string of the molecule is CNC(=O)Cc1ccc(NC(=O)c2cc3ccccc3oc2=O)cc1. The number of carbonyl (C=O) groups is 2. The summed E-state index contributed by atoms with van der Waals surface area (Å²) < 4.78 is 5.17. The fraction of sp³-hybridized carbons (Fsp3) is 0.105. The molecule has 0 radical (unpaired) electrons. The molecule has 0 spiro atoms. The highest BCUT2D eigenvalue weighted by molar-refractivity contribution is 6.05. The minimum absolute atomic E-state index is 0.0619. The van der Waals surface area contributed by atoms with Crippen molar-refractivity contribution in [2.24, 2.45) is 0 Å². The van der Waals surface area contributed by atoms with Crippen molar-refractivity contribution < 1.29 is 14.0 Å². The molecule has 2 N–H and O–H groups in total. The van der Waals surface area contributed by atoms with Crippen molar-refractivity contribution in [1.82, 2.24) is 5.32 Å². The van der Waals surface area contributed by atoms with Gasteiger partial charge in [-0.1, -0.05) is 30.3 Å². The number of nitrogens with one attached hydrogen (secondary N) is 2. The molecule has 0 aliphatic heterocycles. The Morgan fingerprint density at radius 2 is 1.76 bits per heavy atom. The van der Waals surface area contributed by atoms with E-state index in [4.69, 9.17) is 4.42 Å². The summed E-state index contributed by atoms with van der Waals surface area (Å²) in [6, 6.07) is 15.3. The van der Waals surface area contributed by atoms with Crippen molar-refractivity contribution in [1.29, 1.82) is 0 Å². The molecule has 6 nitrogen and oxygen atoms in total. The Morgan fingerprint density at radius 1 is 1.04 bits per heavy atom. The van der Waals surface area contributed by atoms with Crippen LogP contribution < -0.4 is 16.3 Å². The molecule has 0 saturated carbocycles. The summed E-state index contributed by atoms with van der Waals surface area (Å²) >= 11 is 0. The predicted octanol–water partition coefficient (Wildman–Crippen LogP) is 2.33. The second-order valence-electron chi connectivity index (χ2n) is 5.49. The summed E-state index contributed by atoms with van der Waals surface area (Å²) in [4.78, 5) is 35.7. The molecule has 0 unspecified atom stereocenters. The van der Waals surface area contributed by atoms with Gasteiger partial charge in [-0.25, -0.2) is 4.79 Å². The van der Waals surface area contributed by atoms with Gasteiger partial charge in [0.15, 0.2) is 0 Å². The zero-order valence-corrected chi connectivity index (χ0v) is 13.5. The normalized spacial score (nSPS) is 10.4. The van der Waals surface area contributed by atoms with Crippen molar-refractivity contribution >= 4 is 28.5 Å². The minimum Gasteiger partial charge on any atom is -0.422 e. The van der Waals surface area contributed by atoms with E-state index < -0.39 is 11.5 Å². The quantitative estimate of drug-likeness (QED) is 0.716. The number of para-hydroxylation sites is 1. The predicted molar refractivity (Wildman–Crippen MR) is 94.6 cm³/mol. The molecule has 126 valence electrons. The van der Waals surface area contributed by atoms with Gasteiger partial charge in [0.1, 0.15) is 11.1 Å². The highest BCUT2D eigenvalue weighted by Gasteiger charge is 2.14. The van der Waals surface area contributed by atoms with Crippen LogP contribution in [0.4, 0.5) is 5.69 Å². The van der Waals surface area contributed by atoms with E-state index in [-0.39, 0.29) is 17.9 Å². The van der Waals surface area contributed by atoms with Gasteiger partial charge in [-0.05, 0) is 29.8 Å². The molecule has 1 heterocycles. The van der Waals surface area contributed by atoms with Crippen LogP contribution in [0.5, 0.6) is 0 Å². The third kappa shape index (κ3) is 3.74. The third-order valence-electron chi connectivity index (χ3n) is 3.74. The number of likely N-dealkylation sites (N-methyl/N-ethyl adjacent to an activating group) is 1. The molecule has 2 aromatic carbocycles. The molecule has 2 amide bonds. The Labute approximate surface area is 143 Å². The average molecular weight is 336 g/mol. The van der Waals surface area contributed by atoms with Crippen LogP contribution >= 0.6 is 0 Å². The number of hydrogen-bond donors (Lipinski definition) is 2. The summed E-state index contributed by atoms with van der Waals surface area (Å²) in [5.41, 5.74) is 1.03. The summed E-state index contributed by atoms with van der Waals surface area (Å²) in [6.07, 6.45) is 0.263. The second kappa shape index (κ2) is 7.00. The third-order valence-corrected chi connectivity index (χ3v) is 3.74. The molecule has 3 aromatic rings. The molecule has 0 aliphatic carbocycles. The number of rotatable bonds is 4. The van der Waals surface area contributed by atoms with E-state index >= 15 is 0 Å². The molecular weight excluding hydrogens is 320 g/mol. The van der Waals surface area contributed by atoms with E-state index in [1.807, 2.05) is 0 Å². The largest absolute Gasteiger partial charge is 0.422 e. The molecule has 0 fully saturated rings.